The molecule has 0 aromatic heterocycles. The van der Waals surface area contributed by atoms with Gasteiger partial charge in [-0.15, -0.1) is 0 Å². The molecular weight excluding hydrogens is 295 g/mol. The van der Waals surface area contributed by atoms with Crippen molar-refractivity contribution >= 4 is 57.2 Å². The van der Waals surface area contributed by atoms with Crippen molar-refractivity contribution in [2.75, 3.05) is 0 Å². The Bertz CT molecular complexity index is 624. The minimum atomic E-state index is -4.03. The summed E-state index contributed by atoms with van der Waals surface area (Å²) in [4.78, 5) is 33.8. The number of rotatable bonds is 3. The number of hydrogen-bond acceptors (Lipinski definition) is 5. The molecule has 0 spiro atoms. The molecule has 2 N–H and O–H groups in total. The maximum atomic E-state index is 12.0. The number of carbonyl (C=O) groups is 3. The van der Waals surface area contributed by atoms with Crippen LogP contribution in [-0.4, -0.2) is 61.1 Å². The van der Waals surface area contributed by atoms with Crippen molar-refractivity contribution in [1.82, 2.24) is 10.6 Å². The van der Waals surface area contributed by atoms with Crippen molar-refractivity contribution in [1.29, 1.82) is 0 Å². The van der Waals surface area contributed by atoms with E-state index in [2.05, 4.69) is 0 Å². The van der Waals surface area contributed by atoms with Crippen LogP contribution >= 0.6 is 0 Å². The van der Waals surface area contributed by atoms with Crippen LogP contribution in [0.15, 0.2) is 30.3 Å². The molecule has 1 fully saturated rings. The Morgan fingerprint density at radius 2 is 1.45 bits per heavy atom. The van der Waals surface area contributed by atoms with E-state index in [4.69, 9.17) is 0 Å². The van der Waals surface area contributed by atoms with Crippen molar-refractivity contribution in [2.24, 2.45) is 0 Å². The molecule has 101 valence electrons. The molecule has 1 radical (unpaired) electrons. The van der Waals surface area contributed by atoms with Gasteiger partial charge in [-0.05, 0) is 5.56 Å². The normalized spacial score (nSPS) is 16.1. The fourth-order valence-electron chi connectivity index (χ4n) is 1.72. The third-order valence-electron chi connectivity index (χ3n) is 2.52. The number of hydrogen-bond donors (Lipinski definition) is 2. The van der Waals surface area contributed by atoms with Crippen LogP contribution in [0.25, 0.3) is 0 Å². The number of barbiturate groups is 1. The van der Waals surface area contributed by atoms with Gasteiger partial charge < -0.3 is 0 Å². The Labute approximate surface area is 137 Å². The van der Waals surface area contributed by atoms with Crippen molar-refractivity contribution in [3.63, 3.8) is 0 Å². The van der Waals surface area contributed by atoms with Gasteiger partial charge in [-0.1, -0.05) is 30.3 Å². The summed E-state index contributed by atoms with van der Waals surface area (Å²) in [6.45, 7) is 0. The van der Waals surface area contributed by atoms with Gasteiger partial charge in [0.2, 0.25) is 5.25 Å². The molecule has 9 heteroatoms. The smallest absolute Gasteiger partial charge is 0.276 e. The summed E-state index contributed by atoms with van der Waals surface area (Å²) in [7, 11) is -4.03. The van der Waals surface area contributed by atoms with Crippen molar-refractivity contribution < 1.29 is 22.8 Å². The SMILES string of the molecule is O=C1NC(=O)C(S(=O)(=O)Cc2ccccc2)C(=O)N1.[Na]. The fraction of sp³-hybridized carbons (Fsp3) is 0.182. The quantitative estimate of drug-likeness (QED) is 0.547. The van der Waals surface area contributed by atoms with Gasteiger partial charge in [-0.3, -0.25) is 20.2 Å². The number of benzene rings is 1. The van der Waals surface area contributed by atoms with Crippen molar-refractivity contribution in [3.05, 3.63) is 35.9 Å². The van der Waals surface area contributed by atoms with Crippen LogP contribution in [0.1, 0.15) is 5.56 Å². The maximum absolute atomic E-state index is 12.0. The summed E-state index contributed by atoms with van der Waals surface area (Å²) in [6.07, 6.45) is 0. The van der Waals surface area contributed by atoms with Gasteiger partial charge in [-0.2, -0.15) is 0 Å². The molecule has 4 amide bonds. The molecule has 2 rings (SSSR count). The van der Waals surface area contributed by atoms with E-state index in [-0.39, 0.29) is 29.6 Å². The summed E-state index contributed by atoms with van der Waals surface area (Å²) in [5.74, 6) is -2.69. The average Bonchev–Trinajstić information content (AvgIpc) is 2.27. The second kappa shape index (κ2) is 6.49. The van der Waals surface area contributed by atoms with E-state index in [0.29, 0.717) is 5.56 Å². The molecule has 1 aliphatic heterocycles. The van der Waals surface area contributed by atoms with Crippen LogP contribution in [-0.2, 0) is 25.2 Å². The first-order valence-electron chi connectivity index (χ1n) is 5.31. The minimum absolute atomic E-state index is 0. The monoisotopic (exact) mass is 305 g/mol. The summed E-state index contributed by atoms with van der Waals surface area (Å²) < 4.78 is 24.1. The largest absolute Gasteiger partial charge is 0.328 e. The maximum Gasteiger partial charge on any atom is 0.328 e. The molecule has 0 atom stereocenters. The molecule has 20 heavy (non-hydrogen) atoms. The van der Waals surface area contributed by atoms with Crippen molar-refractivity contribution in [2.45, 2.75) is 11.0 Å². The molecule has 1 aromatic carbocycles. The molecule has 0 bridgehead atoms. The summed E-state index contributed by atoms with van der Waals surface area (Å²) in [6, 6.07) is 7.14. The Morgan fingerprint density at radius 3 is 1.95 bits per heavy atom. The molecule has 0 unspecified atom stereocenters. The standard InChI is InChI=1S/C11H10N2O5S.Na/c14-9-8(10(15)13-11(16)12-9)19(17,18)6-7-4-2-1-3-5-7;/h1-5,8H,6H2,(H2,12,13,14,15,16);. The predicted molar refractivity (Wildman–Crippen MR) is 70.3 cm³/mol. The zero-order chi connectivity index (χ0) is 14.0. The van der Waals surface area contributed by atoms with Crippen LogP contribution in [0.4, 0.5) is 4.79 Å². The molecule has 1 aromatic rings. The number of carbonyl (C=O) groups excluding carboxylic acids is 3. The molecule has 1 saturated heterocycles. The van der Waals surface area contributed by atoms with Crippen LogP contribution in [0, 0.1) is 0 Å². The molecule has 1 aliphatic rings. The summed E-state index contributed by atoms with van der Waals surface area (Å²) >= 11 is 0. The van der Waals surface area contributed by atoms with E-state index in [1.54, 1.807) is 41.0 Å². The third kappa shape index (κ3) is 3.66. The van der Waals surface area contributed by atoms with Gasteiger partial charge in [0.25, 0.3) is 11.8 Å². The van der Waals surface area contributed by atoms with Gasteiger partial charge in [-0.25, -0.2) is 13.2 Å². The molecule has 7 nitrogen and oxygen atoms in total. The predicted octanol–water partition coefficient (Wildman–Crippen LogP) is -1.04. The molecule has 0 aliphatic carbocycles. The minimum Gasteiger partial charge on any atom is -0.276 e. The van der Waals surface area contributed by atoms with E-state index in [9.17, 15) is 22.8 Å². The second-order valence-electron chi connectivity index (χ2n) is 3.98. The first kappa shape index (κ1) is 16.8. The van der Waals surface area contributed by atoms with Crippen LogP contribution in [0.2, 0.25) is 0 Å². The van der Waals surface area contributed by atoms with Gasteiger partial charge in [0.15, 0.2) is 9.84 Å². The van der Waals surface area contributed by atoms with E-state index < -0.39 is 38.7 Å². The van der Waals surface area contributed by atoms with Crippen LogP contribution < -0.4 is 10.6 Å². The first-order valence-corrected chi connectivity index (χ1v) is 7.03. The van der Waals surface area contributed by atoms with Crippen LogP contribution in [0.5, 0.6) is 0 Å². The topological polar surface area (TPSA) is 109 Å². The van der Waals surface area contributed by atoms with E-state index in [1.165, 1.54) is 0 Å². The summed E-state index contributed by atoms with van der Waals surface area (Å²) in [5.41, 5.74) is 0.458. The fourth-order valence-corrected chi connectivity index (χ4v) is 3.32. The molecule has 0 saturated carbocycles. The van der Waals surface area contributed by atoms with Gasteiger partial charge >= 0.3 is 6.03 Å². The number of imide groups is 2. The Kier molecular flexibility index (Phi) is 5.46. The number of amides is 4. The number of sulfone groups is 1. The Morgan fingerprint density at radius 1 is 0.950 bits per heavy atom. The van der Waals surface area contributed by atoms with E-state index in [1.807, 2.05) is 0 Å². The zero-order valence-electron chi connectivity index (χ0n) is 10.6. The van der Waals surface area contributed by atoms with Gasteiger partial charge in [0.1, 0.15) is 0 Å². The Hall–Kier alpha value is -1.22. The van der Waals surface area contributed by atoms with E-state index >= 15 is 0 Å². The van der Waals surface area contributed by atoms with Gasteiger partial charge in [0, 0.05) is 29.6 Å². The number of nitrogens with one attached hydrogen (secondary N) is 2. The van der Waals surface area contributed by atoms with Gasteiger partial charge in [0.05, 0.1) is 5.75 Å². The Balaban J connectivity index is 0.00000200. The third-order valence-corrected chi connectivity index (χ3v) is 4.40. The first-order chi connectivity index (χ1) is 8.90. The second-order valence-corrected chi connectivity index (χ2v) is 6.07. The van der Waals surface area contributed by atoms with E-state index in [0.717, 1.165) is 0 Å². The van der Waals surface area contributed by atoms with Crippen molar-refractivity contribution in [3.8, 4) is 0 Å². The summed E-state index contributed by atoms with van der Waals surface area (Å²) in [5, 5.41) is 1.63. The average molecular weight is 305 g/mol. The zero-order valence-corrected chi connectivity index (χ0v) is 13.4. The molecular formula is C11H10N2NaO5S. The molecule has 1 heterocycles. The number of urea groups is 1. The van der Waals surface area contributed by atoms with Crippen LogP contribution in [0.3, 0.4) is 0 Å².